The second kappa shape index (κ2) is 8.42. The number of carbonyl (C=O) groups is 3. The molecule has 6 nitrogen and oxygen atoms in total. The maximum Gasteiger partial charge on any atom is 0.335 e. The number of carbonyl (C=O) groups excluding carboxylic acids is 1. The van der Waals surface area contributed by atoms with Gasteiger partial charge in [0.25, 0.3) is 5.91 Å². The van der Waals surface area contributed by atoms with Crippen molar-refractivity contribution < 1.29 is 24.6 Å². The van der Waals surface area contributed by atoms with E-state index in [1.807, 2.05) is 43.3 Å². The minimum Gasteiger partial charge on any atom is -0.478 e. The summed E-state index contributed by atoms with van der Waals surface area (Å²) in [5.41, 5.74) is 1.45. The number of rotatable bonds is 5. The molecule has 1 aliphatic rings. The van der Waals surface area contributed by atoms with Gasteiger partial charge in [-0.05, 0) is 42.3 Å². The topological polar surface area (TPSA) is 94.9 Å². The number of nitrogens with zero attached hydrogens (tertiary/aromatic N) is 1. The van der Waals surface area contributed by atoms with Crippen molar-refractivity contribution in [3.8, 4) is 0 Å². The van der Waals surface area contributed by atoms with Crippen LogP contribution in [0.4, 0.5) is 5.69 Å². The highest BCUT2D eigenvalue weighted by atomic mass is 32.2. The molecule has 0 aromatic heterocycles. The molecular weight excluding hydrogens is 410 g/mol. The van der Waals surface area contributed by atoms with Crippen LogP contribution in [-0.4, -0.2) is 32.4 Å². The second-order valence-electron chi connectivity index (χ2n) is 6.20. The number of thioether (sulfide) groups is 1. The third-order valence-electron chi connectivity index (χ3n) is 4.02. The van der Waals surface area contributed by atoms with E-state index in [0.717, 1.165) is 33.9 Å². The fourth-order valence-electron chi connectivity index (χ4n) is 2.74. The Morgan fingerprint density at radius 1 is 1.03 bits per heavy atom. The summed E-state index contributed by atoms with van der Waals surface area (Å²) in [7, 11) is 0. The summed E-state index contributed by atoms with van der Waals surface area (Å²) in [6.07, 6.45) is 3.62. The minimum atomic E-state index is -1.29. The molecule has 3 rings (SSSR count). The lowest BCUT2D eigenvalue weighted by Gasteiger charge is -2.16. The zero-order valence-corrected chi connectivity index (χ0v) is 16.8. The number of anilines is 1. The van der Waals surface area contributed by atoms with E-state index in [2.05, 4.69) is 0 Å². The number of hydrogen-bond donors (Lipinski definition) is 2. The molecule has 1 aliphatic heterocycles. The summed E-state index contributed by atoms with van der Waals surface area (Å²) in [6, 6.07) is 13.1. The maximum absolute atomic E-state index is 12.9. The normalized spacial score (nSPS) is 15.8. The Labute approximate surface area is 176 Å². The molecule has 1 amide bonds. The van der Waals surface area contributed by atoms with Crippen LogP contribution in [0.5, 0.6) is 0 Å². The van der Waals surface area contributed by atoms with E-state index in [1.54, 1.807) is 6.08 Å². The Bertz CT molecular complexity index is 1060. The van der Waals surface area contributed by atoms with Crippen LogP contribution in [0.15, 0.2) is 65.1 Å². The molecule has 2 aromatic carbocycles. The number of amides is 1. The van der Waals surface area contributed by atoms with Crippen molar-refractivity contribution in [1.29, 1.82) is 0 Å². The highest BCUT2D eigenvalue weighted by molar-refractivity contribution is 8.27. The van der Waals surface area contributed by atoms with Gasteiger partial charge in [-0.3, -0.25) is 9.69 Å². The first-order chi connectivity index (χ1) is 13.8. The van der Waals surface area contributed by atoms with Crippen LogP contribution in [0, 0.1) is 0 Å². The summed E-state index contributed by atoms with van der Waals surface area (Å²) in [5, 5.41) is 18.5. The fourth-order valence-corrected chi connectivity index (χ4v) is 4.09. The van der Waals surface area contributed by atoms with Gasteiger partial charge in [0.2, 0.25) is 0 Å². The SMILES string of the molecule is CC(=C/c1ccccc1)/C=C1/SC(=S)N(c2cc(C(=O)O)cc(C(=O)O)c2)C1=O. The summed E-state index contributed by atoms with van der Waals surface area (Å²) in [4.78, 5) is 37.1. The zero-order chi connectivity index (χ0) is 21.1. The lowest BCUT2D eigenvalue weighted by molar-refractivity contribution is -0.113. The fraction of sp³-hybridized carbons (Fsp3) is 0.0476. The lowest BCUT2D eigenvalue weighted by atomic mass is 10.1. The maximum atomic E-state index is 12.9. The van der Waals surface area contributed by atoms with E-state index in [1.165, 1.54) is 12.1 Å². The minimum absolute atomic E-state index is 0.109. The average Bonchev–Trinajstić information content (AvgIpc) is 2.95. The Morgan fingerprint density at radius 2 is 1.62 bits per heavy atom. The smallest absolute Gasteiger partial charge is 0.335 e. The molecule has 1 saturated heterocycles. The third-order valence-corrected chi connectivity index (χ3v) is 5.32. The average molecular weight is 425 g/mol. The summed E-state index contributed by atoms with van der Waals surface area (Å²) >= 11 is 6.37. The predicted octanol–water partition coefficient (Wildman–Crippen LogP) is 4.44. The Hall–Kier alpha value is -3.23. The zero-order valence-electron chi connectivity index (χ0n) is 15.2. The van der Waals surface area contributed by atoms with Crippen molar-refractivity contribution >= 4 is 57.9 Å². The second-order valence-corrected chi connectivity index (χ2v) is 7.87. The predicted molar refractivity (Wildman–Crippen MR) is 116 cm³/mol. The van der Waals surface area contributed by atoms with Gasteiger partial charge in [0, 0.05) is 0 Å². The Kier molecular flexibility index (Phi) is 5.95. The highest BCUT2D eigenvalue weighted by Crippen LogP contribution is 2.36. The number of aromatic carboxylic acids is 2. The van der Waals surface area contributed by atoms with Gasteiger partial charge in [-0.15, -0.1) is 0 Å². The van der Waals surface area contributed by atoms with E-state index in [4.69, 9.17) is 12.2 Å². The largest absolute Gasteiger partial charge is 0.478 e. The lowest BCUT2D eigenvalue weighted by Crippen LogP contribution is -2.28. The first-order valence-corrected chi connectivity index (χ1v) is 9.61. The molecule has 29 heavy (non-hydrogen) atoms. The van der Waals surface area contributed by atoms with Crippen molar-refractivity contribution in [3.05, 3.63) is 81.8 Å². The third kappa shape index (κ3) is 4.61. The molecule has 0 radical (unpaired) electrons. The monoisotopic (exact) mass is 425 g/mol. The van der Waals surface area contributed by atoms with Gasteiger partial charge in [0.1, 0.15) is 0 Å². The summed E-state index contributed by atoms with van der Waals surface area (Å²) in [5.74, 6) is -3.02. The van der Waals surface area contributed by atoms with E-state index < -0.39 is 17.8 Å². The van der Waals surface area contributed by atoms with Gasteiger partial charge in [0.15, 0.2) is 4.32 Å². The van der Waals surface area contributed by atoms with E-state index in [9.17, 15) is 24.6 Å². The van der Waals surface area contributed by atoms with Crippen LogP contribution in [0.3, 0.4) is 0 Å². The van der Waals surface area contributed by atoms with Gasteiger partial charge in [0.05, 0.1) is 21.7 Å². The number of benzene rings is 2. The molecule has 0 unspecified atom stereocenters. The summed E-state index contributed by atoms with van der Waals surface area (Å²) < 4.78 is 0.202. The molecule has 0 aliphatic carbocycles. The molecule has 0 spiro atoms. The van der Waals surface area contributed by atoms with Crippen molar-refractivity contribution in [1.82, 2.24) is 0 Å². The molecule has 8 heteroatoms. The molecular formula is C21H15NO5S2. The van der Waals surface area contributed by atoms with Gasteiger partial charge in [-0.1, -0.05) is 60.4 Å². The molecule has 1 fully saturated rings. The Balaban J connectivity index is 1.96. The van der Waals surface area contributed by atoms with Crippen LogP contribution in [0.25, 0.3) is 6.08 Å². The van der Waals surface area contributed by atoms with Gasteiger partial charge < -0.3 is 10.2 Å². The van der Waals surface area contributed by atoms with Gasteiger partial charge in [-0.2, -0.15) is 0 Å². The molecule has 146 valence electrons. The van der Waals surface area contributed by atoms with Crippen LogP contribution in [0.1, 0.15) is 33.2 Å². The molecule has 2 N–H and O–H groups in total. The molecule has 0 bridgehead atoms. The molecule has 1 heterocycles. The van der Waals surface area contributed by atoms with Crippen LogP contribution >= 0.6 is 24.0 Å². The van der Waals surface area contributed by atoms with E-state index in [0.29, 0.717) is 4.91 Å². The Morgan fingerprint density at radius 3 is 2.17 bits per heavy atom. The number of carboxylic acids is 2. The number of allylic oxidation sites excluding steroid dienone is 2. The quantitative estimate of drug-likeness (QED) is 0.540. The molecule has 0 atom stereocenters. The van der Waals surface area contributed by atoms with Crippen molar-refractivity contribution in [2.75, 3.05) is 4.90 Å². The number of hydrogen-bond acceptors (Lipinski definition) is 5. The van der Waals surface area contributed by atoms with E-state index in [-0.39, 0.29) is 21.1 Å². The van der Waals surface area contributed by atoms with Crippen molar-refractivity contribution in [2.24, 2.45) is 0 Å². The van der Waals surface area contributed by atoms with E-state index >= 15 is 0 Å². The van der Waals surface area contributed by atoms with Gasteiger partial charge in [-0.25, -0.2) is 9.59 Å². The molecule has 0 saturated carbocycles. The van der Waals surface area contributed by atoms with Crippen LogP contribution in [0.2, 0.25) is 0 Å². The summed E-state index contributed by atoms with van der Waals surface area (Å²) in [6.45, 7) is 1.85. The van der Waals surface area contributed by atoms with Gasteiger partial charge >= 0.3 is 11.9 Å². The number of thiocarbonyl (C=S) groups is 1. The van der Waals surface area contributed by atoms with Crippen molar-refractivity contribution in [3.63, 3.8) is 0 Å². The highest BCUT2D eigenvalue weighted by Gasteiger charge is 2.34. The number of carboxylic acid groups (broad SMARTS) is 2. The van der Waals surface area contributed by atoms with Crippen molar-refractivity contribution in [2.45, 2.75) is 6.92 Å². The van der Waals surface area contributed by atoms with Crippen LogP contribution in [-0.2, 0) is 4.79 Å². The first kappa shape index (κ1) is 20.5. The van der Waals surface area contributed by atoms with Crippen LogP contribution < -0.4 is 4.90 Å². The standard InChI is InChI=1S/C21H15NO5S2/c1-12(7-13-5-3-2-4-6-13)8-17-18(23)22(21(28)29-17)16-10-14(19(24)25)9-15(11-16)20(26)27/h2-11H,1H3,(H,24,25)(H,26,27)/b12-7-,17-8+. The first-order valence-electron chi connectivity index (χ1n) is 8.39. The molecule has 2 aromatic rings.